The molecule has 1 amide bonds. The minimum atomic E-state index is -2.94. The molecule has 0 aromatic heterocycles. The zero-order chi connectivity index (χ0) is 15.0. The topological polar surface area (TPSA) is 84.5 Å². The normalized spacial score (nSPS) is 11.1. The summed E-state index contributed by atoms with van der Waals surface area (Å²) < 4.78 is 27.0. The molecule has 0 unspecified atom stereocenters. The molecule has 0 bridgehead atoms. The van der Waals surface area contributed by atoms with Crippen LogP contribution in [0.2, 0.25) is 0 Å². The minimum Gasteiger partial charge on any atom is -0.495 e. The van der Waals surface area contributed by atoms with E-state index in [0.29, 0.717) is 24.4 Å². The van der Waals surface area contributed by atoms with Crippen molar-refractivity contribution < 1.29 is 17.9 Å². The summed E-state index contributed by atoms with van der Waals surface area (Å²) in [5.41, 5.74) is 0.609. The number of anilines is 1. The van der Waals surface area contributed by atoms with Gasteiger partial charge in [0.1, 0.15) is 15.6 Å². The van der Waals surface area contributed by atoms with Crippen LogP contribution in [0.15, 0.2) is 24.3 Å². The van der Waals surface area contributed by atoms with Gasteiger partial charge in [-0.25, -0.2) is 8.42 Å². The smallest absolute Gasteiger partial charge is 0.238 e. The maximum atomic E-state index is 11.7. The fraction of sp³-hybridized carbons (Fsp3) is 0.462. The van der Waals surface area contributed by atoms with Crippen LogP contribution in [-0.4, -0.2) is 46.5 Å². The summed E-state index contributed by atoms with van der Waals surface area (Å²) in [6.07, 6.45) is 1.68. The summed E-state index contributed by atoms with van der Waals surface area (Å²) in [7, 11) is -1.40. The number of ether oxygens (including phenoxy) is 1. The SMILES string of the molecule is COc1ccccc1NC(=O)CNCCCS(C)(=O)=O. The molecule has 7 heteroatoms. The number of sulfone groups is 1. The number of benzene rings is 1. The number of hydrogen-bond donors (Lipinski definition) is 2. The van der Waals surface area contributed by atoms with Crippen molar-refractivity contribution in [1.29, 1.82) is 0 Å². The second-order valence-corrected chi connectivity index (χ2v) is 6.67. The summed E-state index contributed by atoms with van der Waals surface area (Å²) >= 11 is 0. The van der Waals surface area contributed by atoms with Crippen LogP contribution < -0.4 is 15.4 Å². The van der Waals surface area contributed by atoms with E-state index in [1.807, 2.05) is 6.07 Å². The molecule has 0 saturated heterocycles. The Morgan fingerprint density at radius 1 is 1.30 bits per heavy atom. The molecule has 0 spiro atoms. The summed E-state index contributed by atoms with van der Waals surface area (Å²) in [4.78, 5) is 11.7. The molecule has 0 aliphatic carbocycles. The van der Waals surface area contributed by atoms with E-state index in [0.717, 1.165) is 0 Å². The van der Waals surface area contributed by atoms with Crippen molar-refractivity contribution in [3.05, 3.63) is 24.3 Å². The van der Waals surface area contributed by atoms with E-state index in [-0.39, 0.29) is 18.2 Å². The fourth-order valence-corrected chi connectivity index (χ4v) is 2.27. The Balaban J connectivity index is 2.30. The van der Waals surface area contributed by atoms with E-state index >= 15 is 0 Å². The third-order valence-corrected chi connectivity index (χ3v) is 3.57. The van der Waals surface area contributed by atoms with Crippen molar-refractivity contribution >= 4 is 21.4 Å². The maximum Gasteiger partial charge on any atom is 0.238 e. The first-order valence-electron chi connectivity index (χ1n) is 6.23. The molecule has 20 heavy (non-hydrogen) atoms. The number of hydrogen-bond acceptors (Lipinski definition) is 5. The predicted molar refractivity (Wildman–Crippen MR) is 78.8 cm³/mol. The standard InChI is InChI=1S/C13H20N2O4S/c1-19-12-7-4-3-6-11(12)15-13(16)10-14-8-5-9-20(2,17)18/h3-4,6-7,14H,5,8-10H2,1-2H3,(H,15,16). The predicted octanol–water partition coefficient (Wildman–Crippen LogP) is 0.658. The fourth-order valence-electron chi connectivity index (χ4n) is 1.60. The van der Waals surface area contributed by atoms with Gasteiger partial charge in [0.05, 0.1) is 25.1 Å². The van der Waals surface area contributed by atoms with Crippen LogP contribution >= 0.6 is 0 Å². The molecule has 6 nitrogen and oxygen atoms in total. The van der Waals surface area contributed by atoms with Gasteiger partial charge < -0.3 is 15.4 Å². The largest absolute Gasteiger partial charge is 0.495 e. The number of rotatable bonds is 8. The van der Waals surface area contributed by atoms with Crippen LogP contribution in [0, 0.1) is 0 Å². The lowest BCUT2D eigenvalue weighted by Gasteiger charge is -2.10. The van der Waals surface area contributed by atoms with Gasteiger partial charge in [0, 0.05) is 6.26 Å². The van der Waals surface area contributed by atoms with Crippen molar-refractivity contribution in [3.63, 3.8) is 0 Å². The number of carbonyl (C=O) groups is 1. The molecular formula is C13H20N2O4S. The zero-order valence-electron chi connectivity index (χ0n) is 11.7. The number of amides is 1. The lowest BCUT2D eigenvalue weighted by molar-refractivity contribution is -0.115. The van der Waals surface area contributed by atoms with Crippen LogP contribution in [0.25, 0.3) is 0 Å². The molecule has 0 saturated carbocycles. The average Bonchev–Trinajstić information content (AvgIpc) is 2.37. The van der Waals surface area contributed by atoms with E-state index in [9.17, 15) is 13.2 Å². The third kappa shape index (κ3) is 6.53. The first-order chi connectivity index (χ1) is 9.42. The molecule has 1 rings (SSSR count). The van der Waals surface area contributed by atoms with Crippen LogP contribution in [0.1, 0.15) is 6.42 Å². The number of nitrogens with one attached hydrogen (secondary N) is 2. The number of carbonyl (C=O) groups excluding carboxylic acids is 1. The van der Waals surface area contributed by atoms with Crippen LogP contribution in [0.5, 0.6) is 5.75 Å². The Morgan fingerprint density at radius 3 is 2.65 bits per heavy atom. The van der Waals surface area contributed by atoms with Gasteiger partial charge in [-0.2, -0.15) is 0 Å². The second kappa shape index (κ2) is 7.86. The molecule has 0 atom stereocenters. The highest BCUT2D eigenvalue weighted by Crippen LogP contribution is 2.22. The monoisotopic (exact) mass is 300 g/mol. The molecule has 0 radical (unpaired) electrons. The molecular weight excluding hydrogens is 280 g/mol. The minimum absolute atomic E-state index is 0.119. The maximum absolute atomic E-state index is 11.7. The summed E-state index contributed by atoms with van der Waals surface area (Å²) in [5.74, 6) is 0.514. The molecule has 112 valence electrons. The van der Waals surface area contributed by atoms with Gasteiger partial charge in [-0.15, -0.1) is 0 Å². The van der Waals surface area contributed by atoms with Gasteiger partial charge in [-0.3, -0.25) is 4.79 Å². The lowest BCUT2D eigenvalue weighted by Crippen LogP contribution is -2.29. The summed E-state index contributed by atoms with van der Waals surface area (Å²) in [6, 6.07) is 7.13. The van der Waals surface area contributed by atoms with Crippen molar-refractivity contribution in [1.82, 2.24) is 5.32 Å². The van der Waals surface area contributed by atoms with E-state index in [2.05, 4.69) is 10.6 Å². The first-order valence-corrected chi connectivity index (χ1v) is 8.30. The number of methoxy groups -OCH3 is 1. The number of para-hydroxylation sites is 2. The first kappa shape index (κ1) is 16.5. The third-order valence-electron chi connectivity index (χ3n) is 2.54. The molecule has 2 N–H and O–H groups in total. The van der Waals surface area contributed by atoms with Gasteiger partial charge in [0.25, 0.3) is 0 Å². The Bertz CT molecular complexity index is 543. The van der Waals surface area contributed by atoms with Crippen LogP contribution in [0.3, 0.4) is 0 Å². The van der Waals surface area contributed by atoms with E-state index in [1.54, 1.807) is 18.2 Å². The van der Waals surface area contributed by atoms with Crippen molar-refractivity contribution in [2.75, 3.05) is 37.5 Å². The Kier molecular flexibility index (Phi) is 6.47. The van der Waals surface area contributed by atoms with Gasteiger partial charge in [-0.1, -0.05) is 12.1 Å². The highest BCUT2D eigenvalue weighted by Gasteiger charge is 2.06. The van der Waals surface area contributed by atoms with Gasteiger partial charge >= 0.3 is 0 Å². The molecule has 0 aliphatic heterocycles. The zero-order valence-corrected chi connectivity index (χ0v) is 12.5. The highest BCUT2D eigenvalue weighted by molar-refractivity contribution is 7.90. The van der Waals surface area contributed by atoms with Crippen molar-refractivity contribution in [2.24, 2.45) is 0 Å². The lowest BCUT2D eigenvalue weighted by atomic mass is 10.3. The van der Waals surface area contributed by atoms with E-state index in [4.69, 9.17) is 4.74 Å². The van der Waals surface area contributed by atoms with E-state index < -0.39 is 9.84 Å². The van der Waals surface area contributed by atoms with Crippen molar-refractivity contribution in [3.8, 4) is 5.75 Å². The Hall–Kier alpha value is -1.60. The second-order valence-electron chi connectivity index (χ2n) is 4.41. The van der Waals surface area contributed by atoms with Gasteiger partial charge in [0.15, 0.2) is 0 Å². The van der Waals surface area contributed by atoms with Crippen LogP contribution in [-0.2, 0) is 14.6 Å². The molecule has 0 heterocycles. The molecule has 1 aromatic carbocycles. The van der Waals surface area contributed by atoms with Crippen LogP contribution in [0.4, 0.5) is 5.69 Å². The molecule has 1 aromatic rings. The Morgan fingerprint density at radius 2 is 2.00 bits per heavy atom. The van der Waals surface area contributed by atoms with E-state index in [1.165, 1.54) is 13.4 Å². The van der Waals surface area contributed by atoms with Crippen molar-refractivity contribution in [2.45, 2.75) is 6.42 Å². The summed E-state index contributed by atoms with van der Waals surface area (Å²) in [6.45, 7) is 0.605. The highest BCUT2D eigenvalue weighted by atomic mass is 32.2. The van der Waals surface area contributed by atoms with Gasteiger partial charge in [-0.05, 0) is 25.1 Å². The molecule has 0 aliphatic rings. The summed E-state index contributed by atoms with van der Waals surface area (Å²) in [5, 5.41) is 5.62. The average molecular weight is 300 g/mol. The Labute approximate surface area is 119 Å². The molecule has 0 fully saturated rings. The quantitative estimate of drug-likeness (QED) is 0.689. The van der Waals surface area contributed by atoms with Gasteiger partial charge in [0.2, 0.25) is 5.91 Å².